The Bertz CT molecular complexity index is 1010. The summed E-state index contributed by atoms with van der Waals surface area (Å²) in [5.41, 5.74) is 2.93. The third-order valence-corrected chi connectivity index (χ3v) is 7.32. The van der Waals surface area contributed by atoms with Gasteiger partial charge in [-0.25, -0.2) is 0 Å². The Hall–Kier alpha value is -2.38. The van der Waals surface area contributed by atoms with Crippen molar-refractivity contribution >= 4 is 11.7 Å². The minimum absolute atomic E-state index is 0.185. The van der Waals surface area contributed by atoms with Gasteiger partial charge in [-0.3, -0.25) is 9.48 Å². The number of nitrogens with zero attached hydrogens (tertiary/aromatic N) is 2. The van der Waals surface area contributed by atoms with Crippen LogP contribution in [-0.2, 0) is 17.3 Å². The molecular weight excluding hydrogens is 410 g/mol. The molecule has 4 nitrogen and oxygen atoms in total. The van der Waals surface area contributed by atoms with Crippen molar-refractivity contribution in [3.05, 3.63) is 47.2 Å². The van der Waals surface area contributed by atoms with Crippen LogP contribution in [0.3, 0.4) is 0 Å². The van der Waals surface area contributed by atoms with Crippen LogP contribution >= 0.6 is 0 Å². The zero-order chi connectivity index (χ0) is 22.0. The topological polar surface area (TPSA) is 46.9 Å². The van der Waals surface area contributed by atoms with Crippen LogP contribution in [0.25, 0.3) is 0 Å². The smallest absolute Gasteiger partial charge is 0.311 e. The van der Waals surface area contributed by atoms with Crippen molar-refractivity contribution in [3.8, 4) is 0 Å². The molecule has 1 N–H and O–H groups in total. The highest BCUT2D eigenvalue weighted by molar-refractivity contribution is 5.91. The van der Waals surface area contributed by atoms with E-state index in [9.17, 15) is 22.4 Å². The summed E-state index contributed by atoms with van der Waals surface area (Å²) in [5, 5.41) is 7.52. The molecule has 0 saturated heterocycles. The first-order valence-corrected chi connectivity index (χ1v) is 10.8. The lowest BCUT2D eigenvalue weighted by molar-refractivity contribution is -0.313. The molecule has 31 heavy (non-hydrogen) atoms. The minimum atomic E-state index is -4.13. The molecule has 3 aliphatic rings. The van der Waals surface area contributed by atoms with Gasteiger partial charge in [0.1, 0.15) is 5.82 Å². The van der Waals surface area contributed by atoms with Crippen LogP contribution in [0.4, 0.5) is 23.4 Å². The van der Waals surface area contributed by atoms with Crippen LogP contribution in [-0.4, -0.2) is 27.5 Å². The summed E-state index contributed by atoms with van der Waals surface area (Å²) in [4.78, 5) is 12.6. The second-order valence-electron chi connectivity index (χ2n) is 9.29. The summed E-state index contributed by atoms with van der Waals surface area (Å²) in [6.07, 6.45) is 3.40. The number of carbonyl (C=O) groups is 1. The summed E-state index contributed by atoms with van der Waals surface area (Å²) in [5.74, 6) is -9.69. The highest BCUT2D eigenvalue weighted by Crippen LogP contribution is 2.58. The van der Waals surface area contributed by atoms with Gasteiger partial charge in [0, 0.05) is 36.8 Å². The van der Waals surface area contributed by atoms with Crippen LogP contribution in [0, 0.1) is 5.92 Å². The van der Waals surface area contributed by atoms with Crippen molar-refractivity contribution < 1.29 is 22.4 Å². The molecule has 5 rings (SSSR count). The molecule has 0 radical (unpaired) electrons. The molecule has 0 aliphatic heterocycles. The molecule has 1 atom stereocenters. The average molecular weight is 435 g/mol. The summed E-state index contributed by atoms with van der Waals surface area (Å²) in [6.45, 7) is 0. The number of anilines is 1. The van der Waals surface area contributed by atoms with Crippen molar-refractivity contribution in [1.82, 2.24) is 9.78 Å². The van der Waals surface area contributed by atoms with E-state index in [1.807, 2.05) is 18.2 Å². The lowest BCUT2D eigenvalue weighted by Crippen LogP contribution is -2.59. The standard InChI is InChI=1S/C23H25F4N3O/c1-30-20(28-17(31)12-16-13-22(24,25)23(16,26)27)18(14-6-5-7-14)19(29-30)21(10-11-21)15-8-3-2-4-9-15/h2-4,8-9,14,16H,5-7,10-13H2,1H3,(H,28,31). The molecule has 1 amide bonds. The van der Waals surface area contributed by atoms with E-state index in [2.05, 4.69) is 17.4 Å². The van der Waals surface area contributed by atoms with Gasteiger partial charge in [-0.05, 0) is 37.2 Å². The van der Waals surface area contributed by atoms with Crippen LogP contribution in [0.2, 0.25) is 0 Å². The number of hydrogen-bond donors (Lipinski definition) is 1. The number of aryl methyl sites for hydroxylation is 1. The van der Waals surface area contributed by atoms with Crippen LogP contribution in [0.15, 0.2) is 30.3 Å². The highest BCUT2D eigenvalue weighted by atomic mass is 19.3. The number of aromatic nitrogens is 2. The van der Waals surface area contributed by atoms with Gasteiger partial charge >= 0.3 is 11.8 Å². The predicted molar refractivity (Wildman–Crippen MR) is 108 cm³/mol. The quantitative estimate of drug-likeness (QED) is 0.619. The first-order chi connectivity index (χ1) is 14.7. The Morgan fingerprint density at radius 2 is 1.84 bits per heavy atom. The Kier molecular flexibility index (Phi) is 4.51. The van der Waals surface area contributed by atoms with E-state index in [-0.39, 0.29) is 11.3 Å². The predicted octanol–water partition coefficient (Wildman–Crippen LogP) is 5.39. The number of benzene rings is 1. The van der Waals surface area contributed by atoms with Gasteiger partial charge < -0.3 is 5.32 Å². The Balaban J connectivity index is 1.43. The van der Waals surface area contributed by atoms with Crippen LogP contribution < -0.4 is 5.32 Å². The molecule has 1 unspecified atom stereocenters. The van der Waals surface area contributed by atoms with E-state index in [0.717, 1.165) is 43.4 Å². The lowest BCUT2D eigenvalue weighted by atomic mass is 9.74. The molecule has 0 bridgehead atoms. The molecule has 3 fully saturated rings. The van der Waals surface area contributed by atoms with Crippen LogP contribution in [0.1, 0.15) is 67.7 Å². The fourth-order valence-corrected chi connectivity index (χ4v) is 5.02. The first kappa shape index (κ1) is 20.5. The van der Waals surface area contributed by atoms with Crippen molar-refractivity contribution in [2.24, 2.45) is 13.0 Å². The molecule has 2 aromatic rings. The number of alkyl halides is 4. The zero-order valence-corrected chi connectivity index (χ0v) is 17.3. The van der Waals surface area contributed by atoms with E-state index < -0.39 is 36.5 Å². The molecule has 8 heteroatoms. The normalized spacial score (nSPS) is 25.4. The maximum absolute atomic E-state index is 13.6. The fourth-order valence-electron chi connectivity index (χ4n) is 5.02. The summed E-state index contributed by atoms with van der Waals surface area (Å²) < 4.78 is 55.2. The molecule has 166 valence electrons. The number of halogens is 4. The number of rotatable bonds is 6. The molecule has 3 saturated carbocycles. The fraction of sp³-hybridized carbons (Fsp3) is 0.565. The van der Waals surface area contributed by atoms with Gasteiger partial charge in [0.05, 0.1) is 5.69 Å². The largest absolute Gasteiger partial charge is 0.313 e. The van der Waals surface area contributed by atoms with E-state index in [1.54, 1.807) is 11.7 Å². The van der Waals surface area contributed by atoms with Crippen molar-refractivity contribution in [1.29, 1.82) is 0 Å². The molecular formula is C23H25F4N3O. The van der Waals surface area contributed by atoms with E-state index in [4.69, 9.17) is 5.10 Å². The van der Waals surface area contributed by atoms with Gasteiger partial charge in [0.15, 0.2) is 0 Å². The Morgan fingerprint density at radius 3 is 2.35 bits per heavy atom. The van der Waals surface area contributed by atoms with Gasteiger partial charge in [0.25, 0.3) is 0 Å². The Morgan fingerprint density at radius 1 is 1.16 bits per heavy atom. The molecule has 3 aliphatic carbocycles. The second-order valence-corrected chi connectivity index (χ2v) is 9.29. The molecule has 1 aromatic heterocycles. The summed E-state index contributed by atoms with van der Waals surface area (Å²) in [7, 11) is 1.73. The number of nitrogens with one attached hydrogen (secondary N) is 1. The highest BCUT2D eigenvalue weighted by Gasteiger charge is 2.71. The van der Waals surface area contributed by atoms with E-state index in [1.165, 1.54) is 5.56 Å². The average Bonchev–Trinajstić information content (AvgIpc) is 3.43. The van der Waals surface area contributed by atoms with Crippen LogP contribution in [0.5, 0.6) is 0 Å². The van der Waals surface area contributed by atoms with Gasteiger partial charge in [-0.15, -0.1) is 0 Å². The van der Waals surface area contributed by atoms with Gasteiger partial charge in [0.2, 0.25) is 5.91 Å². The Labute approximate surface area is 178 Å². The number of carbonyl (C=O) groups excluding carboxylic acids is 1. The monoisotopic (exact) mass is 435 g/mol. The van der Waals surface area contributed by atoms with E-state index in [0.29, 0.717) is 5.82 Å². The van der Waals surface area contributed by atoms with Crippen molar-refractivity contribution in [3.63, 3.8) is 0 Å². The van der Waals surface area contributed by atoms with Gasteiger partial charge in [-0.2, -0.15) is 22.7 Å². The SMILES string of the molecule is Cn1nc(C2(c3ccccc3)CC2)c(C2CCC2)c1NC(=O)CC1CC(F)(F)C1(F)F. The third-order valence-electron chi connectivity index (χ3n) is 7.32. The van der Waals surface area contributed by atoms with Crippen molar-refractivity contribution in [2.45, 2.75) is 68.1 Å². The first-order valence-electron chi connectivity index (χ1n) is 10.8. The zero-order valence-electron chi connectivity index (χ0n) is 17.3. The summed E-state index contributed by atoms with van der Waals surface area (Å²) in [6, 6.07) is 10.1. The minimum Gasteiger partial charge on any atom is -0.311 e. The molecule has 0 spiro atoms. The maximum Gasteiger partial charge on any atom is 0.313 e. The number of hydrogen-bond acceptors (Lipinski definition) is 2. The molecule has 1 heterocycles. The van der Waals surface area contributed by atoms with Crippen molar-refractivity contribution in [2.75, 3.05) is 5.32 Å². The maximum atomic E-state index is 13.6. The lowest BCUT2D eigenvalue weighted by Gasteiger charge is -2.43. The second kappa shape index (κ2) is 6.81. The molecule has 1 aromatic carbocycles. The number of amides is 1. The van der Waals surface area contributed by atoms with Gasteiger partial charge in [-0.1, -0.05) is 36.8 Å². The third kappa shape index (κ3) is 3.09. The summed E-state index contributed by atoms with van der Waals surface area (Å²) >= 11 is 0. The van der Waals surface area contributed by atoms with E-state index >= 15 is 0 Å².